The van der Waals surface area contributed by atoms with Gasteiger partial charge < -0.3 is 10.6 Å². The summed E-state index contributed by atoms with van der Waals surface area (Å²) in [6, 6.07) is 15.3. The van der Waals surface area contributed by atoms with Crippen LogP contribution in [-0.4, -0.2) is 28.8 Å². The predicted molar refractivity (Wildman–Crippen MR) is 103 cm³/mol. The first-order chi connectivity index (χ1) is 13.6. The second-order valence-corrected chi connectivity index (χ2v) is 6.59. The topological polar surface area (TPSA) is 76.0 Å². The first-order valence-corrected chi connectivity index (χ1v) is 9.08. The highest BCUT2D eigenvalue weighted by Gasteiger charge is 2.21. The SMILES string of the molecule is O=C(NCC1NCCc2ccccc21)c1nn(-c2ccccc2F)ccc1=O. The zero-order valence-corrected chi connectivity index (χ0v) is 15.1. The molecule has 6 nitrogen and oxygen atoms in total. The van der Waals surface area contributed by atoms with Crippen LogP contribution in [0.4, 0.5) is 4.39 Å². The van der Waals surface area contributed by atoms with E-state index in [-0.39, 0.29) is 17.4 Å². The molecular formula is C21H19FN4O2. The number of benzene rings is 2. The zero-order valence-electron chi connectivity index (χ0n) is 15.1. The summed E-state index contributed by atoms with van der Waals surface area (Å²) in [5.74, 6) is -1.08. The Kier molecular flexibility index (Phi) is 4.99. The Morgan fingerprint density at radius 1 is 1.18 bits per heavy atom. The number of hydrogen-bond donors (Lipinski definition) is 2. The van der Waals surface area contributed by atoms with Crippen molar-refractivity contribution in [2.75, 3.05) is 13.1 Å². The van der Waals surface area contributed by atoms with Crippen molar-refractivity contribution in [2.45, 2.75) is 12.5 Å². The van der Waals surface area contributed by atoms with Gasteiger partial charge >= 0.3 is 0 Å². The summed E-state index contributed by atoms with van der Waals surface area (Å²) in [7, 11) is 0. The molecule has 7 heteroatoms. The van der Waals surface area contributed by atoms with Crippen molar-refractivity contribution in [3.63, 3.8) is 0 Å². The Balaban J connectivity index is 1.54. The fraction of sp³-hybridized carbons (Fsp3) is 0.190. The predicted octanol–water partition coefficient (Wildman–Crippen LogP) is 1.99. The van der Waals surface area contributed by atoms with Crippen LogP contribution >= 0.6 is 0 Å². The van der Waals surface area contributed by atoms with Crippen molar-refractivity contribution in [1.29, 1.82) is 0 Å². The van der Waals surface area contributed by atoms with Gasteiger partial charge in [0.1, 0.15) is 11.5 Å². The first-order valence-electron chi connectivity index (χ1n) is 9.08. The molecule has 3 aromatic rings. The Hall–Kier alpha value is -3.32. The Morgan fingerprint density at radius 2 is 1.96 bits per heavy atom. The van der Waals surface area contributed by atoms with Crippen molar-refractivity contribution in [2.24, 2.45) is 0 Å². The summed E-state index contributed by atoms with van der Waals surface area (Å²) < 4.78 is 15.2. The van der Waals surface area contributed by atoms with Crippen LogP contribution in [0.3, 0.4) is 0 Å². The van der Waals surface area contributed by atoms with E-state index in [0.717, 1.165) is 18.5 Å². The van der Waals surface area contributed by atoms with Gasteiger partial charge in [-0.25, -0.2) is 9.07 Å². The van der Waals surface area contributed by atoms with Gasteiger partial charge in [-0.05, 0) is 36.2 Å². The van der Waals surface area contributed by atoms with Crippen LogP contribution in [0.25, 0.3) is 5.69 Å². The highest BCUT2D eigenvalue weighted by Crippen LogP contribution is 2.21. The van der Waals surface area contributed by atoms with Crippen LogP contribution in [-0.2, 0) is 6.42 Å². The molecule has 0 bridgehead atoms. The molecular weight excluding hydrogens is 359 g/mol. The van der Waals surface area contributed by atoms with E-state index in [2.05, 4.69) is 21.8 Å². The highest BCUT2D eigenvalue weighted by molar-refractivity contribution is 5.92. The van der Waals surface area contributed by atoms with Gasteiger partial charge in [-0.1, -0.05) is 36.4 Å². The minimum absolute atomic E-state index is 0.0357. The molecule has 2 N–H and O–H groups in total. The quantitative estimate of drug-likeness (QED) is 0.728. The Labute approximate surface area is 161 Å². The third-order valence-electron chi connectivity index (χ3n) is 4.80. The number of halogens is 1. The van der Waals surface area contributed by atoms with Gasteiger partial charge in [-0.15, -0.1) is 0 Å². The average Bonchev–Trinajstić information content (AvgIpc) is 2.73. The second-order valence-electron chi connectivity index (χ2n) is 6.59. The monoisotopic (exact) mass is 378 g/mol. The number of hydrogen-bond acceptors (Lipinski definition) is 4. The highest BCUT2D eigenvalue weighted by atomic mass is 19.1. The molecule has 0 fully saturated rings. The molecule has 1 aromatic heterocycles. The molecule has 0 saturated carbocycles. The largest absolute Gasteiger partial charge is 0.349 e. The molecule has 0 spiro atoms. The molecule has 1 atom stereocenters. The summed E-state index contributed by atoms with van der Waals surface area (Å²) in [5.41, 5.74) is 1.77. The van der Waals surface area contributed by atoms with E-state index in [1.165, 1.54) is 34.6 Å². The third-order valence-corrected chi connectivity index (χ3v) is 4.80. The van der Waals surface area contributed by atoms with Crippen LogP contribution in [0.5, 0.6) is 0 Å². The third kappa shape index (κ3) is 3.57. The van der Waals surface area contributed by atoms with Gasteiger partial charge in [0, 0.05) is 24.8 Å². The molecule has 142 valence electrons. The number of nitrogens with one attached hydrogen (secondary N) is 2. The van der Waals surface area contributed by atoms with Crippen molar-refractivity contribution < 1.29 is 9.18 Å². The average molecular weight is 378 g/mol. The van der Waals surface area contributed by atoms with E-state index in [1.54, 1.807) is 12.1 Å². The zero-order chi connectivity index (χ0) is 19.5. The van der Waals surface area contributed by atoms with Crippen LogP contribution in [0.1, 0.15) is 27.7 Å². The van der Waals surface area contributed by atoms with Crippen molar-refractivity contribution in [1.82, 2.24) is 20.4 Å². The van der Waals surface area contributed by atoms with E-state index in [1.807, 2.05) is 18.2 Å². The Morgan fingerprint density at radius 3 is 2.82 bits per heavy atom. The minimum Gasteiger partial charge on any atom is -0.349 e. The lowest BCUT2D eigenvalue weighted by molar-refractivity contribution is 0.0941. The number of aromatic nitrogens is 2. The molecule has 4 rings (SSSR count). The van der Waals surface area contributed by atoms with Gasteiger partial charge in [0.05, 0.1) is 0 Å². The van der Waals surface area contributed by atoms with Crippen LogP contribution in [0.15, 0.2) is 65.6 Å². The summed E-state index contributed by atoms with van der Waals surface area (Å²) in [6.45, 7) is 1.15. The molecule has 0 aliphatic carbocycles. The fourth-order valence-electron chi connectivity index (χ4n) is 3.39. The minimum atomic E-state index is -0.583. The maximum absolute atomic E-state index is 14.0. The van der Waals surface area contributed by atoms with Crippen molar-refractivity contribution in [3.05, 3.63) is 93.7 Å². The summed E-state index contributed by atoms with van der Waals surface area (Å²) >= 11 is 0. The van der Waals surface area contributed by atoms with E-state index in [4.69, 9.17) is 0 Å². The van der Waals surface area contributed by atoms with Crippen molar-refractivity contribution in [3.8, 4) is 5.69 Å². The molecule has 1 unspecified atom stereocenters. The van der Waals surface area contributed by atoms with Gasteiger partial charge in [0.25, 0.3) is 5.91 Å². The molecule has 28 heavy (non-hydrogen) atoms. The van der Waals surface area contributed by atoms with Crippen LogP contribution < -0.4 is 16.1 Å². The number of nitrogens with zero attached hydrogens (tertiary/aromatic N) is 2. The number of fused-ring (bicyclic) bond motifs is 1. The lowest BCUT2D eigenvalue weighted by Gasteiger charge is -2.27. The number of carbonyl (C=O) groups is 1. The van der Waals surface area contributed by atoms with E-state index >= 15 is 0 Å². The van der Waals surface area contributed by atoms with Gasteiger partial charge in [-0.3, -0.25) is 9.59 Å². The lowest BCUT2D eigenvalue weighted by Crippen LogP contribution is -2.40. The molecule has 1 aliphatic heterocycles. The number of amides is 1. The molecule has 0 radical (unpaired) electrons. The molecule has 1 amide bonds. The van der Waals surface area contributed by atoms with Crippen LogP contribution in [0.2, 0.25) is 0 Å². The van der Waals surface area contributed by atoms with Gasteiger partial charge in [0.2, 0.25) is 5.43 Å². The molecule has 1 aliphatic rings. The first kappa shape index (κ1) is 18.1. The normalized spacial score (nSPS) is 15.7. The fourth-order valence-corrected chi connectivity index (χ4v) is 3.39. The molecule has 2 heterocycles. The maximum Gasteiger partial charge on any atom is 0.275 e. The van der Waals surface area contributed by atoms with Gasteiger partial charge in [-0.2, -0.15) is 5.10 Å². The number of rotatable bonds is 4. The smallest absolute Gasteiger partial charge is 0.275 e. The lowest BCUT2D eigenvalue weighted by atomic mass is 9.94. The maximum atomic E-state index is 14.0. The number of carbonyl (C=O) groups excluding carboxylic acids is 1. The Bertz CT molecular complexity index is 1080. The molecule has 2 aromatic carbocycles. The number of para-hydroxylation sites is 1. The summed E-state index contributed by atoms with van der Waals surface area (Å²) in [5, 5.41) is 10.2. The summed E-state index contributed by atoms with van der Waals surface area (Å²) in [4.78, 5) is 24.7. The van der Waals surface area contributed by atoms with E-state index in [9.17, 15) is 14.0 Å². The summed E-state index contributed by atoms with van der Waals surface area (Å²) in [6.07, 6.45) is 2.28. The molecule has 0 saturated heterocycles. The van der Waals surface area contributed by atoms with Crippen LogP contribution in [0, 0.1) is 5.82 Å². The standard InChI is InChI=1S/C21H19FN4O2/c22-16-7-3-4-8-18(16)26-12-10-19(27)20(25-26)21(28)24-13-17-15-6-2-1-5-14(15)9-11-23-17/h1-8,10,12,17,23H,9,11,13H2,(H,24,28). The second kappa shape index (κ2) is 7.74. The van der Waals surface area contributed by atoms with Gasteiger partial charge in [0.15, 0.2) is 5.69 Å². The van der Waals surface area contributed by atoms with Crippen molar-refractivity contribution >= 4 is 5.91 Å². The van der Waals surface area contributed by atoms with E-state index < -0.39 is 17.2 Å². The van der Waals surface area contributed by atoms with E-state index in [0.29, 0.717) is 6.54 Å².